The van der Waals surface area contributed by atoms with Gasteiger partial charge in [0.2, 0.25) is 10.0 Å². The summed E-state index contributed by atoms with van der Waals surface area (Å²) in [4.78, 5) is 1.45. The van der Waals surface area contributed by atoms with Crippen LogP contribution in [0.25, 0.3) is 0 Å². The van der Waals surface area contributed by atoms with Gasteiger partial charge in [0.05, 0.1) is 0 Å². The van der Waals surface area contributed by atoms with Crippen LogP contribution >= 0.6 is 11.6 Å². The minimum atomic E-state index is -5.02. The maximum Gasteiger partial charge on any atom is 0.573 e. The number of anilines is 1. The number of nitrogens with one attached hydrogen (secondary N) is 1. The zero-order chi connectivity index (χ0) is 23.6. The summed E-state index contributed by atoms with van der Waals surface area (Å²) in [6, 6.07) is 19.2. The molecular formula is C23H20ClF3N2O3S. The van der Waals surface area contributed by atoms with E-state index in [1.165, 1.54) is 12.1 Å². The Hall–Kier alpha value is -2.75. The molecule has 174 valence electrons. The van der Waals surface area contributed by atoms with E-state index in [0.717, 1.165) is 28.9 Å². The first-order valence-electron chi connectivity index (χ1n) is 10.1. The van der Waals surface area contributed by atoms with Crippen molar-refractivity contribution >= 4 is 27.3 Å². The normalized spacial score (nSPS) is 16.4. The Morgan fingerprint density at radius 2 is 1.73 bits per heavy atom. The van der Waals surface area contributed by atoms with Crippen LogP contribution in [0.2, 0.25) is 5.02 Å². The van der Waals surface area contributed by atoms with Crippen molar-refractivity contribution in [2.45, 2.75) is 30.3 Å². The SMILES string of the molecule is O=S(=O)(NC1Cc2cc(Cl)ccc2N(Cc2ccccc2)C1)c1ccccc1OC(F)(F)F. The third kappa shape index (κ3) is 5.79. The highest BCUT2D eigenvalue weighted by molar-refractivity contribution is 7.89. The number of alkyl halides is 3. The third-order valence-electron chi connectivity index (χ3n) is 5.19. The molecule has 5 nitrogen and oxygen atoms in total. The molecule has 1 aliphatic heterocycles. The minimum absolute atomic E-state index is 0.324. The van der Waals surface area contributed by atoms with Crippen LogP contribution in [0.15, 0.2) is 77.7 Å². The molecule has 0 aliphatic carbocycles. The lowest BCUT2D eigenvalue weighted by atomic mass is 9.98. The van der Waals surface area contributed by atoms with E-state index in [-0.39, 0.29) is 0 Å². The zero-order valence-electron chi connectivity index (χ0n) is 17.2. The van der Waals surface area contributed by atoms with Crippen molar-refractivity contribution in [3.8, 4) is 5.75 Å². The van der Waals surface area contributed by atoms with Crippen LogP contribution in [-0.2, 0) is 23.0 Å². The fourth-order valence-electron chi connectivity index (χ4n) is 3.92. The van der Waals surface area contributed by atoms with Crippen LogP contribution in [-0.4, -0.2) is 27.4 Å². The summed E-state index contributed by atoms with van der Waals surface area (Å²) in [6.45, 7) is 0.854. The second kappa shape index (κ2) is 9.24. The van der Waals surface area contributed by atoms with Gasteiger partial charge in [0.15, 0.2) is 0 Å². The summed E-state index contributed by atoms with van der Waals surface area (Å²) in [5, 5.41) is 0.515. The molecule has 1 heterocycles. The van der Waals surface area contributed by atoms with E-state index in [9.17, 15) is 21.6 Å². The van der Waals surface area contributed by atoms with Crippen LogP contribution in [0.5, 0.6) is 5.75 Å². The lowest BCUT2D eigenvalue weighted by molar-refractivity contribution is -0.275. The lowest BCUT2D eigenvalue weighted by Crippen LogP contribution is -2.48. The van der Waals surface area contributed by atoms with E-state index in [4.69, 9.17) is 11.6 Å². The molecule has 1 unspecified atom stereocenters. The fraction of sp³-hybridized carbons (Fsp3) is 0.217. The molecule has 0 bridgehead atoms. The Morgan fingerprint density at radius 3 is 2.45 bits per heavy atom. The van der Waals surface area contributed by atoms with Gasteiger partial charge in [-0.15, -0.1) is 13.2 Å². The monoisotopic (exact) mass is 496 g/mol. The lowest BCUT2D eigenvalue weighted by Gasteiger charge is -2.36. The number of benzene rings is 3. The number of sulfonamides is 1. The zero-order valence-corrected chi connectivity index (χ0v) is 18.8. The standard InChI is InChI=1S/C23H20ClF3N2O3S/c24-18-10-11-20-17(12-18)13-19(15-29(20)14-16-6-2-1-3-7-16)28-33(30,31)22-9-5-4-8-21(22)32-23(25,26)27/h1-12,19,28H,13-15H2. The topological polar surface area (TPSA) is 58.6 Å². The molecule has 1 aliphatic rings. The Labute approximate surface area is 194 Å². The van der Waals surface area contributed by atoms with Crippen LogP contribution in [0.4, 0.5) is 18.9 Å². The molecule has 3 aromatic rings. The minimum Gasteiger partial charge on any atom is -0.404 e. The average Bonchev–Trinajstić information content (AvgIpc) is 2.73. The molecular weight excluding hydrogens is 477 g/mol. The fourth-order valence-corrected chi connectivity index (χ4v) is 5.47. The molecule has 1 N–H and O–H groups in total. The van der Waals surface area contributed by atoms with Gasteiger partial charge in [-0.2, -0.15) is 0 Å². The van der Waals surface area contributed by atoms with Gasteiger partial charge in [-0.1, -0.05) is 54.1 Å². The average molecular weight is 497 g/mol. The van der Waals surface area contributed by atoms with Crippen molar-refractivity contribution in [2.75, 3.05) is 11.4 Å². The Bertz CT molecular complexity index is 1240. The van der Waals surface area contributed by atoms with Crippen LogP contribution < -0.4 is 14.4 Å². The molecule has 0 radical (unpaired) electrons. The third-order valence-corrected chi connectivity index (χ3v) is 6.99. The van der Waals surface area contributed by atoms with Crippen molar-refractivity contribution < 1.29 is 26.3 Å². The molecule has 3 aromatic carbocycles. The predicted molar refractivity (Wildman–Crippen MR) is 120 cm³/mol. The highest BCUT2D eigenvalue weighted by Gasteiger charge is 2.35. The number of para-hydroxylation sites is 1. The summed E-state index contributed by atoms with van der Waals surface area (Å²) < 4.78 is 70.9. The van der Waals surface area contributed by atoms with Gasteiger partial charge in [0, 0.05) is 29.8 Å². The van der Waals surface area contributed by atoms with Gasteiger partial charge in [-0.3, -0.25) is 0 Å². The first-order chi connectivity index (χ1) is 15.6. The van der Waals surface area contributed by atoms with Gasteiger partial charge in [-0.25, -0.2) is 13.1 Å². The van der Waals surface area contributed by atoms with Crippen molar-refractivity contribution in [2.24, 2.45) is 0 Å². The van der Waals surface area contributed by atoms with Crippen molar-refractivity contribution in [1.29, 1.82) is 0 Å². The Morgan fingerprint density at radius 1 is 1.03 bits per heavy atom. The molecule has 0 saturated carbocycles. The smallest absolute Gasteiger partial charge is 0.404 e. The van der Waals surface area contributed by atoms with E-state index >= 15 is 0 Å². The van der Waals surface area contributed by atoms with Crippen LogP contribution in [0.1, 0.15) is 11.1 Å². The second-order valence-corrected chi connectivity index (χ2v) is 9.77. The number of fused-ring (bicyclic) bond motifs is 1. The summed E-state index contributed by atoms with van der Waals surface area (Å²) in [5.41, 5.74) is 2.81. The van der Waals surface area contributed by atoms with Gasteiger partial charge in [0.25, 0.3) is 0 Å². The highest BCUT2D eigenvalue weighted by Crippen LogP contribution is 2.33. The van der Waals surface area contributed by atoms with Crippen molar-refractivity contribution in [3.05, 3.63) is 88.9 Å². The van der Waals surface area contributed by atoms with Crippen LogP contribution in [0, 0.1) is 0 Å². The molecule has 0 amide bonds. The van der Waals surface area contributed by atoms with E-state index in [1.807, 2.05) is 41.3 Å². The summed E-state index contributed by atoms with van der Waals surface area (Å²) in [6.07, 6.45) is -4.68. The molecule has 0 fully saturated rings. The van der Waals surface area contributed by atoms with Gasteiger partial charge >= 0.3 is 6.36 Å². The second-order valence-electron chi connectivity index (χ2n) is 7.66. The first kappa shape index (κ1) is 23.4. The maximum absolute atomic E-state index is 13.0. The van der Waals surface area contributed by atoms with E-state index in [2.05, 4.69) is 9.46 Å². The molecule has 0 aromatic heterocycles. The molecule has 4 rings (SSSR count). The highest BCUT2D eigenvalue weighted by atomic mass is 35.5. The maximum atomic E-state index is 13.0. The summed E-state index contributed by atoms with van der Waals surface area (Å²) in [5.74, 6) is -0.780. The first-order valence-corrected chi connectivity index (χ1v) is 11.9. The van der Waals surface area contributed by atoms with Gasteiger partial charge < -0.3 is 9.64 Å². The Kier molecular flexibility index (Phi) is 6.56. The number of hydrogen-bond acceptors (Lipinski definition) is 4. The molecule has 0 saturated heterocycles. The summed E-state index contributed by atoms with van der Waals surface area (Å²) >= 11 is 6.16. The molecule has 33 heavy (non-hydrogen) atoms. The number of nitrogens with zero attached hydrogens (tertiary/aromatic N) is 1. The van der Waals surface area contributed by atoms with Gasteiger partial charge in [-0.05, 0) is 47.9 Å². The van der Waals surface area contributed by atoms with Crippen molar-refractivity contribution in [1.82, 2.24) is 4.72 Å². The molecule has 0 spiro atoms. The van der Waals surface area contributed by atoms with Crippen LogP contribution in [0.3, 0.4) is 0 Å². The number of rotatable bonds is 6. The summed E-state index contributed by atoms with van der Waals surface area (Å²) in [7, 11) is -4.31. The predicted octanol–water partition coefficient (Wildman–Crippen LogP) is 5.15. The number of hydrogen-bond donors (Lipinski definition) is 1. The van der Waals surface area contributed by atoms with Gasteiger partial charge in [0.1, 0.15) is 10.6 Å². The number of ether oxygens (including phenoxy) is 1. The Balaban J connectivity index is 1.62. The van der Waals surface area contributed by atoms with E-state index in [0.29, 0.717) is 24.5 Å². The largest absolute Gasteiger partial charge is 0.573 e. The number of halogens is 4. The van der Waals surface area contributed by atoms with E-state index < -0.39 is 33.1 Å². The van der Waals surface area contributed by atoms with E-state index in [1.54, 1.807) is 12.1 Å². The molecule has 10 heteroatoms. The molecule has 1 atom stereocenters. The quantitative estimate of drug-likeness (QED) is 0.513. The van der Waals surface area contributed by atoms with Crippen molar-refractivity contribution in [3.63, 3.8) is 0 Å².